The van der Waals surface area contributed by atoms with Gasteiger partial charge < -0.3 is 10.6 Å². The number of nitrogens with zero attached hydrogens (tertiary/aromatic N) is 2. The van der Waals surface area contributed by atoms with Crippen molar-refractivity contribution in [2.24, 2.45) is 0 Å². The van der Waals surface area contributed by atoms with E-state index in [1.54, 1.807) is 6.33 Å². The molecule has 0 bridgehead atoms. The molecule has 3 rings (SSSR count). The van der Waals surface area contributed by atoms with Crippen LogP contribution in [-0.2, 0) is 13.0 Å². The molecule has 1 aromatic carbocycles. The molecule has 5 heteroatoms. The van der Waals surface area contributed by atoms with Crippen molar-refractivity contribution in [3.8, 4) is 0 Å². The summed E-state index contributed by atoms with van der Waals surface area (Å²) in [6.07, 6.45) is 2.57. The first-order valence-electron chi connectivity index (χ1n) is 5.89. The van der Waals surface area contributed by atoms with Crippen LogP contribution in [0.2, 0.25) is 5.02 Å². The van der Waals surface area contributed by atoms with Gasteiger partial charge in [0, 0.05) is 35.8 Å². The average molecular weight is 261 g/mol. The molecule has 1 aromatic heterocycles. The summed E-state index contributed by atoms with van der Waals surface area (Å²) in [4.78, 5) is 8.64. The second-order valence-electron chi connectivity index (χ2n) is 4.21. The molecule has 2 aromatic rings. The number of hydrogen-bond acceptors (Lipinski definition) is 4. The van der Waals surface area contributed by atoms with Gasteiger partial charge in [0.05, 0.1) is 5.69 Å². The summed E-state index contributed by atoms with van der Waals surface area (Å²) in [5.74, 6) is 0.870. The number of halogens is 1. The van der Waals surface area contributed by atoms with Crippen LogP contribution in [0.1, 0.15) is 11.3 Å². The van der Waals surface area contributed by atoms with Gasteiger partial charge in [0.25, 0.3) is 0 Å². The fraction of sp³-hybridized carbons (Fsp3) is 0.231. The Kier molecular flexibility index (Phi) is 3.13. The third kappa shape index (κ3) is 2.30. The highest BCUT2D eigenvalue weighted by atomic mass is 35.5. The van der Waals surface area contributed by atoms with Gasteiger partial charge in [-0.05, 0) is 24.3 Å². The van der Waals surface area contributed by atoms with Crippen molar-refractivity contribution >= 4 is 23.1 Å². The number of fused-ring (bicyclic) bond motifs is 1. The molecule has 0 atom stereocenters. The van der Waals surface area contributed by atoms with Crippen LogP contribution in [0.15, 0.2) is 30.6 Å². The molecule has 0 radical (unpaired) electrons. The monoisotopic (exact) mass is 260 g/mol. The Morgan fingerprint density at radius 1 is 1.17 bits per heavy atom. The largest absolute Gasteiger partial charge is 0.340 e. The molecule has 1 aliphatic heterocycles. The minimum absolute atomic E-state index is 0.729. The normalized spacial score (nSPS) is 14.1. The summed E-state index contributed by atoms with van der Waals surface area (Å²) in [6, 6.07) is 7.59. The van der Waals surface area contributed by atoms with Crippen LogP contribution in [0, 0.1) is 0 Å². The maximum atomic E-state index is 5.87. The van der Waals surface area contributed by atoms with E-state index in [0.29, 0.717) is 0 Å². The Morgan fingerprint density at radius 3 is 2.83 bits per heavy atom. The molecule has 0 saturated carbocycles. The van der Waals surface area contributed by atoms with Gasteiger partial charge in [-0.1, -0.05) is 11.6 Å². The zero-order valence-corrected chi connectivity index (χ0v) is 10.5. The first-order valence-corrected chi connectivity index (χ1v) is 6.27. The van der Waals surface area contributed by atoms with Gasteiger partial charge in [-0.15, -0.1) is 0 Å². The van der Waals surface area contributed by atoms with Crippen LogP contribution < -0.4 is 10.6 Å². The van der Waals surface area contributed by atoms with Crippen molar-refractivity contribution in [3.05, 3.63) is 46.9 Å². The lowest BCUT2D eigenvalue weighted by atomic mass is 10.1. The zero-order valence-electron chi connectivity index (χ0n) is 9.78. The SMILES string of the molecule is Clc1ccc(Nc2ncnc3c2CNCC3)cc1. The highest BCUT2D eigenvalue weighted by Gasteiger charge is 2.14. The van der Waals surface area contributed by atoms with Crippen LogP contribution >= 0.6 is 11.6 Å². The van der Waals surface area contributed by atoms with E-state index >= 15 is 0 Å². The molecule has 0 amide bonds. The zero-order chi connectivity index (χ0) is 12.4. The van der Waals surface area contributed by atoms with Gasteiger partial charge in [-0.25, -0.2) is 9.97 Å². The van der Waals surface area contributed by atoms with Gasteiger partial charge in [-0.3, -0.25) is 0 Å². The molecular weight excluding hydrogens is 248 g/mol. The van der Waals surface area contributed by atoms with Crippen molar-refractivity contribution in [1.29, 1.82) is 0 Å². The smallest absolute Gasteiger partial charge is 0.138 e. The van der Waals surface area contributed by atoms with E-state index in [9.17, 15) is 0 Å². The summed E-state index contributed by atoms with van der Waals surface area (Å²) in [5, 5.41) is 7.37. The van der Waals surface area contributed by atoms with Gasteiger partial charge in [0.1, 0.15) is 12.1 Å². The van der Waals surface area contributed by atoms with Gasteiger partial charge in [0.2, 0.25) is 0 Å². The second kappa shape index (κ2) is 4.92. The number of anilines is 2. The van der Waals surface area contributed by atoms with E-state index in [1.165, 1.54) is 0 Å². The van der Waals surface area contributed by atoms with E-state index in [-0.39, 0.29) is 0 Å². The Labute approximate surface area is 110 Å². The van der Waals surface area contributed by atoms with Crippen LogP contribution in [0.25, 0.3) is 0 Å². The Balaban J connectivity index is 1.90. The lowest BCUT2D eigenvalue weighted by Gasteiger charge is -2.19. The van der Waals surface area contributed by atoms with Crippen molar-refractivity contribution < 1.29 is 0 Å². The molecule has 0 fully saturated rings. The quantitative estimate of drug-likeness (QED) is 0.871. The predicted molar refractivity (Wildman–Crippen MR) is 72.2 cm³/mol. The van der Waals surface area contributed by atoms with Crippen LogP contribution in [0.4, 0.5) is 11.5 Å². The fourth-order valence-electron chi connectivity index (χ4n) is 2.05. The molecule has 0 spiro atoms. The van der Waals surface area contributed by atoms with E-state index < -0.39 is 0 Å². The summed E-state index contributed by atoms with van der Waals surface area (Å²) in [7, 11) is 0. The van der Waals surface area contributed by atoms with Crippen LogP contribution in [0.3, 0.4) is 0 Å². The molecule has 1 aliphatic rings. The minimum Gasteiger partial charge on any atom is -0.340 e. The number of nitrogens with one attached hydrogen (secondary N) is 2. The van der Waals surface area contributed by atoms with E-state index in [4.69, 9.17) is 11.6 Å². The number of aromatic nitrogens is 2. The lowest BCUT2D eigenvalue weighted by Crippen LogP contribution is -2.25. The number of hydrogen-bond donors (Lipinski definition) is 2. The molecule has 18 heavy (non-hydrogen) atoms. The first-order chi connectivity index (χ1) is 8.83. The molecule has 0 aliphatic carbocycles. The van der Waals surface area contributed by atoms with Gasteiger partial charge >= 0.3 is 0 Å². The molecule has 2 heterocycles. The molecule has 0 unspecified atom stereocenters. The van der Waals surface area contributed by atoms with Crippen molar-refractivity contribution in [1.82, 2.24) is 15.3 Å². The Morgan fingerprint density at radius 2 is 2.00 bits per heavy atom. The fourth-order valence-corrected chi connectivity index (χ4v) is 2.17. The molecule has 92 valence electrons. The van der Waals surface area contributed by atoms with Crippen molar-refractivity contribution in [3.63, 3.8) is 0 Å². The third-order valence-corrected chi connectivity index (χ3v) is 3.23. The lowest BCUT2D eigenvalue weighted by molar-refractivity contribution is 0.628. The topological polar surface area (TPSA) is 49.8 Å². The molecule has 2 N–H and O–H groups in total. The third-order valence-electron chi connectivity index (χ3n) is 2.98. The minimum atomic E-state index is 0.729. The highest BCUT2D eigenvalue weighted by molar-refractivity contribution is 6.30. The highest BCUT2D eigenvalue weighted by Crippen LogP contribution is 2.23. The second-order valence-corrected chi connectivity index (χ2v) is 4.64. The van der Waals surface area contributed by atoms with Gasteiger partial charge in [-0.2, -0.15) is 0 Å². The average Bonchev–Trinajstić information content (AvgIpc) is 2.42. The van der Waals surface area contributed by atoms with Gasteiger partial charge in [0.15, 0.2) is 0 Å². The molecular formula is C13H13ClN4. The number of benzene rings is 1. The van der Waals surface area contributed by atoms with E-state index in [0.717, 1.165) is 47.3 Å². The summed E-state index contributed by atoms with van der Waals surface area (Å²) < 4.78 is 0. The molecule has 0 saturated heterocycles. The predicted octanol–water partition coefficient (Wildman–Crippen LogP) is 2.52. The summed E-state index contributed by atoms with van der Waals surface area (Å²) in [6.45, 7) is 1.79. The van der Waals surface area contributed by atoms with E-state index in [1.807, 2.05) is 24.3 Å². The maximum Gasteiger partial charge on any atom is 0.138 e. The molecule has 4 nitrogen and oxygen atoms in total. The maximum absolute atomic E-state index is 5.87. The summed E-state index contributed by atoms with van der Waals surface area (Å²) in [5.41, 5.74) is 3.25. The number of rotatable bonds is 2. The van der Waals surface area contributed by atoms with Crippen LogP contribution in [-0.4, -0.2) is 16.5 Å². The van der Waals surface area contributed by atoms with Crippen LogP contribution in [0.5, 0.6) is 0 Å². The Hall–Kier alpha value is -1.65. The van der Waals surface area contributed by atoms with Crippen molar-refractivity contribution in [2.45, 2.75) is 13.0 Å². The first kappa shape index (κ1) is 11.4. The standard InChI is InChI=1S/C13H13ClN4/c14-9-1-3-10(4-2-9)18-13-11-7-15-6-5-12(11)16-8-17-13/h1-4,8,15H,5-7H2,(H,16,17,18). The van der Waals surface area contributed by atoms with E-state index in [2.05, 4.69) is 20.6 Å². The van der Waals surface area contributed by atoms with Crippen molar-refractivity contribution in [2.75, 3.05) is 11.9 Å². The summed E-state index contributed by atoms with van der Waals surface area (Å²) >= 11 is 5.87. The Bertz CT molecular complexity index is 553.